The van der Waals surface area contributed by atoms with Crippen molar-refractivity contribution in [3.05, 3.63) is 0 Å². The molecule has 3 aliphatic rings. The second kappa shape index (κ2) is 8.88. The monoisotopic (exact) mass is 415 g/mol. The molecule has 0 spiro atoms. The van der Waals surface area contributed by atoms with Gasteiger partial charge in [-0.2, -0.15) is 0 Å². The molecule has 0 aromatic heterocycles. The molecule has 2 saturated heterocycles. The predicted octanol–water partition coefficient (Wildman–Crippen LogP) is 2.44. The van der Waals surface area contributed by atoms with Crippen molar-refractivity contribution < 1.29 is 14.3 Å². The number of piperidine rings is 2. The molecular formula is C21H38ClN3O3. The van der Waals surface area contributed by atoms with E-state index in [2.05, 4.69) is 6.92 Å². The Morgan fingerprint density at radius 2 is 1.57 bits per heavy atom. The normalized spacial score (nSPS) is 31.1. The van der Waals surface area contributed by atoms with E-state index in [4.69, 9.17) is 10.5 Å². The highest BCUT2D eigenvalue weighted by Crippen LogP contribution is 2.50. The number of halogens is 1. The summed E-state index contributed by atoms with van der Waals surface area (Å²) in [5.41, 5.74) is 5.34. The molecule has 0 aromatic carbocycles. The zero-order chi connectivity index (χ0) is 19.8. The quantitative estimate of drug-likeness (QED) is 0.765. The second-order valence-corrected chi connectivity index (χ2v) is 9.42. The van der Waals surface area contributed by atoms with Crippen LogP contribution >= 0.6 is 12.4 Å². The van der Waals surface area contributed by atoms with Crippen molar-refractivity contribution in [1.29, 1.82) is 0 Å². The maximum absolute atomic E-state index is 13.1. The van der Waals surface area contributed by atoms with E-state index in [-0.39, 0.29) is 41.7 Å². The Hall–Kier alpha value is -0.850. The topological polar surface area (TPSA) is 75.9 Å². The van der Waals surface area contributed by atoms with Crippen LogP contribution in [0.4, 0.5) is 0 Å². The van der Waals surface area contributed by atoms with Gasteiger partial charge in [0.2, 0.25) is 11.8 Å². The Kier molecular flexibility index (Phi) is 7.43. The molecule has 2 aliphatic heterocycles. The molecule has 3 rings (SSSR count). The van der Waals surface area contributed by atoms with Gasteiger partial charge >= 0.3 is 0 Å². The number of likely N-dealkylation sites (tertiary alicyclic amines) is 2. The fourth-order valence-electron chi connectivity index (χ4n) is 4.90. The number of carbonyl (C=O) groups is 2. The molecule has 162 valence electrons. The lowest BCUT2D eigenvalue weighted by atomic mass is 9.54. The van der Waals surface area contributed by atoms with E-state index in [1.807, 2.05) is 30.6 Å². The molecule has 2 N–H and O–H groups in total. The van der Waals surface area contributed by atoms with Crippen molar-refractivity contribution in [3.8, 4) is 0 Å². The molecule has 0 radical (unpaired) electrons. The molecule has 0 bridgehead atoms. The number of hydrogen-bond donors (Lipinski definition) is 1. The Balaban J connectivity index is 0.00000280. The summed E-state index contributed by atoms with van der Waals surface area (Å²) in [6, 6.07) is 0. The van der Waals surface area contributed by atoms with Crippen LogP contribution in [-0.2, 0) is 14.3 Å². The fourth-order valence-corrected chi connectivity index (χ4v) is 4.90. The van der Waals surface area contributed by atoms with E-state index in [9.17, 15) is 9.59 Å². The molecule has 2 atom stereocenters. The van der Waals surface area contributed by atoms with Gasteiger partial charge in [-0.25, -0.2) is 0 Å². The lowest BCUT2D eigenvalue weighted by Crippen LogP contribution is -2.76. The van der Waals surface area contributed by atoms with Crippen molar-refractivity contribution in [2.75, 3.05) is 32.8 Å². The molecule has 3 fully saturated rings. The van der Waals surface area contributed by atoms with Crippen LogP contribution in [0.25, 0.3) is 0 Å². The van der Waals surface area contributed by atoms with Gasteiger partial charge < -0.3 is 20.3 Å². The van der Waals surface area contributed by atoms with E-state index in [1.165, 1.54) is 0 Å². The van der Waals surface area contributed by atoms with E-state index in [0.717, 1.165) is 44.7 Å². The van der Waals surface area contributed by atoms with Crippen LogP contribution in [0.2, 0.25) is 0 Å². The number of ether oxygens (including phenoxy) is 1. The molecule has 1 saturated carbocycles. The van der Waals surface area contributed by atoms with Gasteiger partial charge in [-0.15, -0.1) is 12.4 Å². The van der Waals surface area contributed by atoms with Gasteiger partial charge in [0.05, 0.1) is 6.10 Å². The van der Waals surface area contributed by atoms with Gasteiger partial charge in [0.15, 0.2) is 0 Å². The molecule has 0 aromatic rings. The van der Waals surface area contributed by atoms with Crippen molar-refractivity contribution in [3.63, 3.8) is 0 Å². The van der Waals surface area contributed by atoms with Crippen LogP contribution in [0, 0.1) is 17.3 Å². The van der Waals surface area contributed by atoms with Gasteiger partial charge in [-0.05, 0) is 38.5 Å². The maximum atomic E-state index is 13.1. The van der Waals surface area contributed by atoms with Gasteiger partial charge in [0.25, 0.3) is 0 Å². The zero-order valence-corrected chi connectivity index (χ0v) is 18.7. The van der Waals surface area contributed by atoms with E-state index in [1.54, 1.807) is 0 Å². The summed E-state index contributed by atoms with van der Waals surface area (Å²) in [4.78, 5) is 29.8. The van der Waals surface area contributed by atoms with Gasteiger partial charge in [-0.3, -0.25) is 9.59 Å². The van der Waals surface area contributed by atoms with Crippen LogP contribution < -0.4 is 5.73 Å². The van der Waals surface area contributed by atoms with Crippen LogP contribution in [0.15, 0.2) is 0 Å². The minimum Gasteiger partial charge on any atom is -0.378 e. The first kappa shape index (κ1) is 23.4. The zero-order valence-electron chi connectivity index (χ0n) is 17.9. The Morgan fingerprint density at radius 1 is 1.04 bits per heavy atom. The maximum Gasteiger partial charge on any atom is 0.243 e. The Morgan fingerprint density at radius 3 is 2.07 bits per heavy atom. The molecule has 2 heterocycles. The van der Waals surface area contributed by atoms with Crippen molar-refractivity contribution in [1.82, 2.24) is 9.80 Å². The average Bonchev–Trinajstić information content (AvgIpc) is 2.67. The van der Waals surface area contributed by atoms with E-state index in [0.29, 0.717) is 26.1 Å². The highest BCUT2D eigenvalue weighted by atomic mass is 35.5. The summed E-state index contributed by atoms with van der Waals surface area (Å²) >= 11 is 0. The molecular weight excluding hydrogens is 378 g/mol. The average molecular weight is 416 g/mol. The molecule has 7 heteroatoms. The highest BCUT2D eigenvalue weighted by Gasteiger charge is 2.63. The number of carbonyl (C=O) groups excluding carboxylic acids is 2. The SMILES string of the molecule is CCOC1CC(N)(C(=O)N2CCC(C(=O)N3CCC(C)CC3)CC2)C1(C)C.Cl. The number of hydrogen-bond acceptors (Lipinski definition) is 4. The lowest BCUT2D eigenvalue weighted by molar-refractivity contribution is -0.180. The smallest absolute Gasteiger partial charge is 0.243 e. The number of rotatable bonds is 4. The van der Waals surface area contributed by atoms with E-state index >= 15 is 0 Å². The highest BCUT2D eigenvalue weighted by molar-refractivity contribution is 5.89. The molecule has 28 heavy (non-hydrogen) atoms. The standard InChI is InChI=1S/C21H37N3O3.ClH/c1-5-27-17-14-21(22,20(17,3)4)19(26)24-12-8-16(9-13-24)18(25)23-10-6-15(2)7-11-23;/h15-17H,5-14,22H2,1-4H3;1H. The Bertz CT molecular complexity index is 569. The predicted molar refractivity (Wildman–Crippen MR) is 112 cm³/mol. The van der Waals surface area contributed by atoms with Gasteiger partial charge in [-0.1, -0.05) is 20.8 Å². The molecule has 2 amide bonds. The van der Waals surface area contributed by atoms with Gasteiger partial charge in [0.1, 0.15) is 5.54 Å². The first-order chi connectivity index (χ1) is 12.7. The van der Waals surface area contributed by atoms with Gasteiger partial charge in [0, 0.05) is 50.5 Å². The summed E-state index contributed by atoms with van der Waals surface area (Å²) < 4.78 is 5.75. The fraction of sp³-hybridized carbons (Fsp3) is 0.905. The summed E-state index contributed by atoms with van der Waals surface area (Å²) in [6.07, 6.45) is 4.34. The summed E-state index contributed by atoms with van der Waals surface area (Å²) in [5, 5.41) is 0. The van der Waals surface area contributed by atoms with Crippen LogP contribution in [0.3, 0.4) is 0 Å². The summed E-state index contributed by atoms with van der Waals surface area (Å²) in [5.74, 6) is 1.10. The summed E-state index contributed by atoms with van der Waals surface area (Å²) in [7, 11) is 0. The summed E-state index contributed by atoms with van der Waals surface area (Å²) in [6.45, 7) is 12.0. The molecule has 6 nitrogen and oxygen atoms in total. The third-order valence-electron chi connectivity index (χ3n) is 7.44. The third-order valence-corrected chi connectivity index (χ3v) is 7.44. The first-order valence-corrected chi connectivity index (χ1v) is 10.7. The minimum absolute atomic E-state index is 0. The van der Waals surface area contributed by atoms with Crippen molar-refractivity contribution in [2.24, 2.45) is 23.0 Å². The third kappa shape index (κ3) is 4.05. The van der Waals surface area contributed by atoms with Crippen molar-refractivity contribution in [2.45, 2.75) is 71.4 Å². The minimum atomic E-state index is -0.854. The largest absolute Gasteiger partial charge is 0.378 e. The number of amides is 2. The first-order valence-electron chi connectivity index (χ1n) is 10.7. The number of nitrogens with two attached hydrogens (primary N) is 1. The Labute approximate surface area is 175 Å². The molecule has 1 aliphatic carbocycles. The van der Waals surface area contributed by atoms with E-state index < -0.39 is 5.54 Å². The molecule has 2 unspecified atom stereocenters. The van der Waals surface area contributed by atoms with Crippen LogP contribution in [0.1, 0.15) is 59.8 Å². The van der Waals surface area contributed by atoms with Crippen LogP contribution in [0.5, 0.6) is 0 Å². The second-order valence-electron chi connectivity index (χ2n) is 9.42. The van der Waals surface area contributed by atoms with Crippen LogP contribution in [-0.4, -0.2) is 66.0 Å². The van der Waals surface area contributed by atoms with Crippen molar-refractivity contribution >= 4 is 24.2 Å². The number of nitrogens with zero attached hydrogens (tertiary/aromatic N) is 2. The lowest BCUT2D eigenvalue weighted by Gasteiger charge is -2.59.